The van der Waals surface area contributed by atoms with Gasteiger partial charge in [0.2, 0.25) is 0 Å². The molecule has 0 spiro atoms. The first kappa shape index (κ1) is 14.7. The van der Waals surface area contributed by atoms with Gasteiger partial charge in [0.15, 0.2) is 17.7 Å². The van der Waals surface area contributed by atoms with Crippen LogP contribution in [0.25, 0.3) is 11.1 Å². The average Bonchev–Trinajstić information content (AvgIpc) is 2.58. The van der Waals surface area contributed by atoms with Crippen LogP contribution in [-0.4, -0.2) is 19.2 Å². The van der Waals surface area contributed by atoms with E-state index in [1.807, 2.05) is 42.5 Å². The molecule has 0 unspecified atom stereocenters. The van der Waals surface area contributed by atoms with Gasteiger partial charge in [0, 0.05) is 7.11 Å². The van der Waals surface area contributed by atoms with Gasteiger partial charge in [-0.3, -0.25) is 4.79 Å². The van der Waals surface area contributed by atoms with Gasteiger partial charge >= 0.3 is 0 Å². The fourth-order valence-corrected chi connectivity index (χ4v) is 2.60. The van der Waals surface area contributed by atoms with Crippen molar-refractivity contribution in [2.75, 3.05) is 7.11 Å². The minimum absolute atomic E-state index is 0.0757. The summed E-state index contributed by atoms with van der Waals surface area (Å²) in [6.45, 7) is 1.78. The number of carbonyl (C=O) groups excluding carboxylic acids is 1. The highest BCUT2D eigenvalue weighted by molar-refractivity contribution is 5.98. The minimum atomic E-state index is -1.01. The van der Waals surface area contributed by atoms with Gasteiger partial charge in [0.1, 0.15) is 0 Å². The summed E-state index contributed by atoms with van der Waals surface area (Å²) in [5.41, 5.74) is 2.06. The molecule has 0 aromatic heterocycles. The first-order chi connectivity index (χ1) is 10.6. The Kier molecular flexibility index (Phi) is 3.92. The maximum Gasteiger partial charge on any atom is 0.191 e. The summed E-state index contributed by atoms with van der Waals surface area (Å²) in [6, 6.07) is 18.0. The van der Waals surface area contributed by atoms with E-state index in [2.05, 4.69) is 12.1 Å². The molecule has 2 aromatic carbocycles. The van der Waals surface area contributed by atoms with E-state index in [-0.39, 0.29) is 5.78 Å². The Balaban J connectivity index is 1.92. The van der Waals surface area contributed by atoms with Crippen LogP contribution in [0.4, 0.5) is 0 Å². The van der Waals surface area contributed by atoms with Crippen molar-refractivity contribution in [2.45, 2.75) is 18.8 Å². The molecule has 2 atom stereocenters. The number of hydrogen-bond acceptors (Lipinski definition) is 3. The number of methoxy groups -OCH3 is 1. The van der Waals surface area contributed by atoms with Crippen molar-refractivity contribution in [3.63, 3.8) is 0 Å². The molecular formula is C19H18O3. The van der Waals surface area contributed by atoms with Crippen LogP contribution in [0.15, 0.2) is 66.7 Å². The molecule has 1 heterocycles. The zero-order valence-corrected chi connectivity index (χ0v) is 12.7. The van der Waals surface area contributed by atoms with E-state index >= 15 is 0 Å². The Hall–Kier alpha value is -2.23. The van der Waals surface area contributed by atoms with Crippen LogP contribution in [0.1, 0.15) is 12.5 Å². The minimum Gasteiger partial charge on any atom is -0.352 e. The van der Waals surface area contributed by atoms with Gasteiger partial charge in [0.05, 0.1) is 0 Å². The summed E-state index contributed by atoms with van der Waals surface area (Å²) in [7, 11) is 1.56. The van der Waals surface area contributed by atoms with Gasteiger partial charge in [-0.25, -0.2) is 0 Å². The predicted octanol–water partition coefficient (Wildman–Crippen LogP) is 3.70. The van der Waals surface area contributed by atoms with Crippen molar-refractivity contribution in [3.05, 3.63) is 72.3 Å². The summed E-state index contributed by atoms with van der Waals surface area (Å²) in [6.07, 6.45) is 2.65. The maximum atomic E-state index is 12.3. The van der Waals surface area contributed by atoms with Crippen molar-refractivity contribution in [2.24, 2.45) is 0 Å². The van der Waals surface area contributed by atoms with Crippen LogP contribution in [-0.2, 0) is 19.9 Å². The van der Waals surface area contributed by atoms with Gasteiger partial charge in [-0.05, 0) is 35.8 Å². The van der Waals surface area contributed by atoms with Crippen LogP contribution >= 0.6 is 0 Å². The van der Waals surface area contributed by atoms with Gasteiger partial charge in [-0.15, -0.1) is 0 Å². The van der Waals surface area contributed by atoms with Crippen molar-refractivity contribution in [3.8, 4) is 11.1 Å². The monoisotopic (exact) mass is 294 g/mol. The first-order valence-electron chi connectivity index (χ1n) is 7.23. The Labute approximate surface area is 130 Å². The summed E-state index contributed by atoms with van der Waals surface area (Å²) in [4.78, 5) is 12.3. The molecule has 0 aliphatic carbocycles. The van der Waals surface area contributed by atoms with E-state index in [0.717, 1.165) is 16.7 Å². The second kappa shape index (κ2) is 5.87. The molecule has 0 saturated heterocycles. The average molecular weight is 294 g/mol. The number of carbonyl (C=O) groups is 1. The van der Waals surface area contributed by atoms with Crippen LogP contribution in [0, 0.1) is 0 Å². The molecule has 0 saturated carbocycles. The third kappa shape index (κ3) is 2.61. The molecule has 1 aliphatic heterocycles. The van der Waals surface area contributed by atoms with Gasteiger partial charge in [-0.2, -0.15) is 0 Å². The highest BCUT2D eigenvalue weighted by atomic mass is 16.7. The van der Waals surface area contributed by atoms with E-state index in [1.165, 1.54) is 6.08 Å². The Bertz CT molecular complexity index is 688. The molecule has 112 valence electrons. The quantitative estimate of drug-likeness (QED) is 0.866. The van der Waals surface area contributed by atoms with Crippen molar-refractivity contribution >= 4 is 5.78 Å². The lowest BCUT2D eigenvalue weighted by atomic mass is 9.88. The zero-order valence-electron chi connectivity index (χ0n) is 12.7. The van der Waals surface area contributed by atoms with Crippen molar-refractivity contribution in [1.29, 1.82) is 0 Å². The lowest BCUT2D eigenvalue weighted by molar-refractivity contribution is -0.185. The molecule has 0 radical (unpaired) electrons. The standard InChI is InChI=1S/C19H18O3/c1-19(17(20)12-13-18(21-2)22-19)16-10-8-15(9-11-16)14-6-4-3-5-7-14/h3-13,18H,1-2H3/t18-,19+/m0/s1. The Morgan fingerprint density at radius 2 is 1.64 bits per heavy atom. The van der Waals surface area contributed by atoms with Crippen LogP contribution in [0.5, 0.6) is 0 Å². The van der Waals surface area contributed by atoms with E-state index in [0.29, 0.717) is 0 Å². The van der Waals surface area contributed by atoms with E-state index in [9.17, 15) is 4.79 Å². The largest absolute Gasteiger partial charge is 0.352 e. The molecule has 1 aliphatic rings. The van der Waals surface area contributed by atoms with Crippen molar-refractivity contribution < 1.29 is 14.3 Å². The molecule has 3 heteroatoms. The summed E-state index contributed by atoms with van der Waals surface area (Å²) >= 11 is 0. The number of rotatable bonds is 3. The normalized spacial score (nSPS) is 24.5. The predicted molar refractivity (Wildman–Crippen MR) is 85.3 cm³/mol. The molecule has 3 rings (SSSR count). The number of ether oxygens (including phenoxy) is 2. The fraction of sp³-hybridized carbons (Fsp3) is 0.211. The highest BCUT2D eigenvalue weighted by Gasteiger charge is 2.39. The van der Waals surface area contributed by atoms with Gasteiger partial charge in [-0.1, -0.05) is 54.6 Å². The van der Waals surface area contributed by atoms with Crippen LogP contribution < -0.4 is 0 Å². The third-order valence-electron chi connectivity index (χ3n) is 4.00. The maximum absolute atomic E-state index is 12.3. The lowest BCUT2D eigenvalue weighted by Gasteiger charge is -2.33. The van der Waals surface area contributed by atoms with Gasteiger partial charge < -0.3 is 9.47 Å². The second-order valence-electron chi connectivity index (χ2n) is 5.42. The van der Waals surface area contributed by atoms with E-state index in [4.69, 9.17) is 9.47 Å². The summed E-state index contributed by atoms with van der Waals surface area (Å²) in [5.74, 6) is -0.0757. The Morgan fingerprint density at radius 3 is 2.27 bits per heavy atom. The fourth-order valence-electron chi connectivity index (χ4n) is 2.60. The van der Waals surface area contributed by atoms with Crippen LogP contribution in [0.2, 0.25) is 0 Å². The molecule has 0 fully saturated rings. The smallest absolute Gasteiger partial charge is 0.191 e. The number of ketones is 1. The molecule has 22 heavy (non-hydrogen) atoms. The number of hydrogen-bond donors (Lipinski definition) is 0. The van der Waals surface area contributed by atoms with Gasteiger partial charge in [0.25, 0.3) is 0 Å². The zero-order chi connectivity index (χ0) is 15.6. The molecule has 0 N–H and O–H groups in total. The van der Waals surface area contributed by atoms with E-state index < -0.39 is 11.9 Å². The van der Waals surface area contributed by atoms with Crippen LogP contribution in [0.3, 0.4) is 0 Å². The molecule has 0 bridgehead atoms. The van der Waals surface area contributed by atoms with E-state index in [1.54, 1.807) is 20.1 Å². The summed E-state index contributed by atoms with van der Waals surface area (Å²) < 4.78 is 11.0. The van der Waals surface area contributed by atoms with Crippen molar-refractivity contribution in [1.82, 2.24) is 0 Å². The Morgan fingerprint density at radius 1 is 1.00 bits per heavy atom. The molecule has 0 amide bonds. The lowest BCUT2D eigenvalue weighted by Crippen LogP contribution is -2.41. The second-order valence-corrected chi connectivity index (χ2v) is 5.42. The summed E-state index contributed by atoms with van der Waals surface area (Å²) in [5, 5.41) is 0. The third-order valence-corrected chi connectivity index (χ3v) is 4.00. The molecular weight excluding hydrogens is 276 g/mol. The number of benzene rings is 2. The highest BCUT2D eigenvalue weighted by Crippen LogP contribution is 2.33. The molecule has 3 nitrogen and oxygen atoms in total. The molecule has 2 aromatic rings. The SMILES string of the molecule is CO[C@@H]1C=CC(=O)[C@@](C)(c2ccc(-c3ccccc3)cc2)O1. The topological polar surface area (TPSA) is 35.5 Å². The first-order valence-corrected chi connectivity index (χ1v) is 7.23.